The predicted molar refractivity (Wildman–Crippen MR) is 270 cm³/mol. The Kier molecular flexibility index (Phi) is 7.43. The third-order valence-electron chi connectivity index (χ3n) is 13.6. The molecule has 12 aromatic carbocycles. The van der Waals surface area contributed by atoms with Gasteiger partial charge in [0, 0.05) is 21.5 Å². The minimum absolute atomic E-state index is 0.875. The van der Waals surface area contributed by atoms with Crippen LogP contribution in [0.5, 0.6) is 0 Å². The van der Waals surface area contributed by atoms with Crippen molar-refractivity contribution in [1.29, 1.82) is 0 Å². The molecular formula is C62H36O2. The van der Waals surface area contributed by atoms with Crippen molar-refractivity contribution in [2.75, 3.05) is 0 Å². The first-order valence-electron chi connectivity index (χ1n) is 22.0. The maximum absolute atomic E-state index is 6.77. The highest BCUT2D eigenvalue weighted by Gasteiger charge is 2.21. The average molecular weight is 813 g/mol. The molecule has 0 aliphatic carbocycles. The second-order valence-electron chi connectivity index (χ2n) is 17.0. The van der Waals surface area contributed by atoms with Crippen LogP contribution in [-0.2, 0) is 0 Å². The van der Waals surface area contributed by atoms with Crippen molar-refractivity contribution in [2.24, 2.45) is 0 Å². The fourth-order valence-corrected chi connectivity index (χ4v) is 11.0. The lowest BCUT2D eigenvalue weighted by Gasteiger charge is -2.17. The van der Waals surface area contributed by atoms with Crippen molar-refractivity contribution in [3.8, 4) is 44.5 Å². The van der Waals surface area contributed by atoms with Crippen LogP contribution in [-0.4, -0.2) is 0 Å². The molecule has 0 bridgehead atoms. The molecule has 0 aliphatic heterocycles. The largest absolute Gasteiger partial charge is 0.456 e. The van der Waals surface area contributed by atoms with Crippen LogP contribution in [0.4, 0.5) is 0 Å². The topological polar surface area (TPSA) is 26.3 Å². The Hall–Kier alpha value is -8.46. The highest BCUT2D eigenvalue weighted by Crippen LogP contribution is 2.48. The average Bonchev–Trinajstić information content (AvgIpc) is 3.93. The summed E-state index contributed by atoms with van der Waals surface area (Å²) < 4.78 is 13.5. The van der Waals surface area contributed by atoms with E-state index in [2.05, 4.69) is 218 Å². The molecule has 296 valence electrons. The highest BCUT2D eigenvalue weighted by molar-refractivity contribution is 6.29. The molecule has 0 saturated carbocycles. The Morgan fingerprint density at radius 3 is 0.797 bits per heavy atom. The number of hydrogen-bond donors (Lipinski definition) is 0. The van der Waals surface area contributed by atoms with Gasteiger partial charge in [-0.25, -0.2) is 0 Å². The first-order chi connectivity index (χ1) is 31.8. The summed E-state index contributed by atoms with van der Waals surface area (Å²) in [6.45, 7) is 0. The zero-order valence-corrected chi connectivity index (χ0v) is 34.6. The van der Waals surface area contributed by atoms with Gasteiger partial charge in [0.25, 0.3) is 0 Å². The van der Waals surface area contributed by atoms with Crippen molar-refractivity contribution in [1.82, 2.24) is 0 Å². The van der Waals surface area contributed by atoms with Gasteiger partial charge in [-0.15, -0.1) is 0 Å². The first-order valence-corrected chi connectivity index (χ1v) is 22.0. The van der Waals surface area contributed by atoms with E-state index in [0.29, 0.717) is 0 Å². The second-order valence-corrected chi connectivity index (χ2v) is 17.0. The van der Waals surface area contributed by atoms with Crippen molar-refractivity contribution < 1.29 is 8.83 Å². The molecule has 14 aromatic rings. The van der Waals surface area contributed by atoms with Gasteiger partial charge in [-0.2, -0.15) is 0 Å². The smallest absolute Gasteiger partial charge is 0.136 e. The summed E-state index contributed by atoms with van der Waals surface area (Å²) in [7, 11) is 0. The van der Waals surface area contributed by atoms with Crippen molar-refractivity contribution in [3.63, 3.8) is 0 Å². The minimum Gasteiger partial charge on any atom is -0.456 e. The van der Waals surface area contributed by atoms with E-state index in [0.717, 1.165) is 65.8 Å². The van der Waals surface area contributed by atoms with Crippen LogP contribution < -0.4 is 0 Å². The van der Waals surface area contributed by atoms with Crippen LogP contribution in [0.3, 0.4) is 0 Å². The summed E-state index contributed by atoms with van der Waals surface area (Å²) in [6, 6.07) is 79.0. The van der Waals surface area contributed by atoms with Gasteiger partial charge in [0.1, 0.15) is 22.3 Å². The quantitative estimate of drug-likeness (QED) is 0.166. The van der Waals surface area contributed by atoms with Gasteiger partial charge >= 0.3 is 0 Å². The van der Waals surface area contributed by atoms with E-state index in [9.17, 15) is 0 Å². The van der Waals surface area contributed by atoms with Gasteiger partial charge in [0.15, 0.2) is 0 Å². The standard InChI is InChI=1S/C62H36O2/c1-3-15-37(16-4-1)57-41-19-7-11-23-45(41)59(46-24-12-8-20-42(46)57)39-27-29-51-55(35-39)63-53-33-31-50-49(61(51)53)32-34-54-62(50)52-30-28-40(36-56(52)64-54)60-47-25-13-9-21-43(47)58(38-17-5-2-6-18-38)44-22-10-14-26-48(44)60/h1-36H. The van der Waals surface area contributed by atoms with Gasteiger partial charge < -0.3 is 8.83 Å². The third-order valence-corrected chi connectivity index (χ3v) is 13.6. The molecule has 0 N–H and O–H groups in total. The molecule has 2 nitrogen and oxygen atoms in total. The van der Waals surface area contributed by atoms with Gasteiger partial charge in [-0.3, -0.25) is 0 Å². The van der Waals surface area contributed by atoms with E-state index in [-0.39, 0.29) is 0 Å². The van der Waals surface area contributed by atoms with E-state index in [4.69, 9.17) is 8.83 Å². The summed E-state index contributed by atoms with van der Waals surface area (Å²) in [5.74, 6) is 0. The van der Waals surface area contributed by atoms with Gasteiger partial charge in [-0.1, -0.05) is 170 Å². The third kappa shape index (κ3) is 5.02. The van der Waals surface area contributed by atoms with E-state index >= 15 is 0 Å². The van der Waals surface area contributed by atoms with E-state index in [1.165, 1.54) is 76.5 Å². The molecule has 0 atom stereocenters. The monoisotopic (exact) mass is 812 g/mol. The summed E-state index contributed by atoms with van der Waals surface area (Å²) in [5.41, 5.74) is 13.2. The Bertz CT molecular complexity index is 3840. The normalized spacial score (nSPS) is 12.1. The number of fused-ring (bicyclic) bond motifs is 13. The number of rotatable bonds is 4. The minimum atomic E-state index is 0.875. The molecule has 2 aromatic heterocycles. The molecular weight excluding hydrogens is 777 g/mol. The maximum atomic E-state index is 6.77. The van der Waals surface area contributed by atoms with Crippen molar-refractivity contribution in [2.45, 2.75) is 0 Å². The van der Waals surface area contributed by atoms with Crippen LogP contribution in [0.15, 0.2) is 227 Å². The molecule has 0 unspecified atom stereocenters. The zero-order valence-electron chi connectivity index (χ0n) is 34.6. The summed E-state index contributed by atoms with van der Waals surface area (Å²) in [6.07, 6.45) is 0. The van der Waals surface area contributed by atoms with E-state index < -0.39 is 0 Å². The van der Waals surface area contributed by atoms with Crippen LogP contribution in [0.1, 0.15) is 0 Å². The number of hydrogen-bond acceptors (Lipinski definition) is 2. The molecule has 64 heavy (non-hydrogen) atoms. The van der Waals surface area contributed by atoms with Crippen LogP contribution in [0.25, 0.3) is 142 Å². The summed E-state index contributed by atoms with van der Waals surface area (Å²) in [4.78, 5) is 0. The number of benzene rings is 12. The first kappa shape index (κ1) is 35.2. The van der Waals surface area contributed by atoms with Gasteiger partial charge in [0.05, 0.1) is 0 Å². The fourth-order valence-electron chi connectivity index (χ4n) is 11.0. The van der Waals surface area contributed by atoms with E-state index in [1.54, 1.807) is 0 Å². The van der Waals surface area contributed by atoms with Gasteiger partial charge in [0.2, 0.25) is 0 Å². The Balaban J connectivity index is 0.943. The zero-order chi connectivity index (χ0) is 41.9. The summed E-state index contributed by atoms with van der Waals surface area (Å²) >= 11 is 0. The molecule has 0 aliphatic rings. The molecule has 2 heterocycles. The molecule has 0 saturated heterocycles. The Morgan fingerprint density at radius 1 is 0.188 bits per heavy atom. The molecule has 2 heteroatoms. The molecule has 0 radical (unpaired) electrons. The van der Waals surface area contributed by atoms with Gasteiger partial charge in [-0.05, 0) is 147 Å². The van der Waals surface area contributed by atoms with Crippen molar-refractivity contribution in [3.05, 3.63) is 218 Å². The fraction of sp³-hybridized carbons (Fsp3) is 0. The maximum Gasteiger partial charge on any atom is 0.136 e. The Morgan fingerprint density at radius 2 is 0.469 bits per heavy atom. The predicted octanol–water partition coefficient (Wildman–Crippen LogP) is 17.9. The van der Waals surface area contributed by atoms with Crippen LogP contribution in [0.2, 0.25) is 0 Å². The SMILES string of the molecule is c1ccc(-c2c3ccccc3c(-c3ccc4c(c3)oc3ccc5c(ccc6oc7cc(-c8c9ccccc9c(-c9ccccc9)c9ccccc89)ccc7c65)c34)c3ccccc23)cc1. The molecule has 14 rings (SSSR count). The second kappa shape index (κ2) is 13.5. The highest BCUT2D eigenvalue weighted by atomic mass is 16.3. The molecule has 0 spiro atoms. The lowest BCUT2D eigenvalue weighted by atomic mass is 9.86. The van der Waals surface area contributed by atoms with Crippen molar-refractivity contribution >= 4 is 97.7 Å². The Labute approximate surface area is 367 Å². The number of furan rings is 2. The molecule has 0 amide bonds. The lowest BCUT2D eigenvalue weighted by molar-refractivity contribution is 0.668. The van der Waals surface area contributed by atoms with Crippen LogP contribution >= 0.6 is 0 Å². The van der Waals surface area contributed by atoms with Crippen LogP contribution in [0, 0.1) is 0 Å². The summed E-state index contributed by atoms with van der Waals surface area (Å²) in [5, 5.41) is 16.6. The van der Waals surface area contributed by atoms with E-state index in [1.807, 2.05) is 0 Å². The molecule has 0 fully saturated rings. The lowest BCUT2D eigenvalue weighted by Crippen LogP contribution is -1.90.